The van der Waals surface area contributed by atoms with Crippen LogP contribution in [-0.4, -0.2) is 25.8 Å². The lowest BCUT2D eigenvalue weighted by Gasteiger charge is -2.29. The molecule has 1 heterocycles. The molecule has 1 aliphatic rings. The third-order valence-corrected chi connectivity index (χ3v) is 4.98. The first kappa shape index (κ1) is 14.5. The third-order valence-electron chi connectivity index (χ3n) is 3.90. The lowest BCUT2D eigenvalue weighted by atomic mass is 9.91. The maximum absolute atomic E-state index is 11.2. The summed E-state index contributed by atoms with van der Waals surface area (Å²) in [6, 6.07) is 8.63. The predicted molar refractivity (Wildman–Crippen MR) is 76.9 cm³/mol. The van der Waals surface area contributed by atoms with Crippen LogP contribution < -0.4 is 5.14 Å². The molecule has 0 bridgehead atoms. The topological polar surface area (TPSA) is 63.4 Å². The molecule has 4 nitrogen and oxygen atoms in total. The van der Waals surface area contributed by atoms with Gasteiger partial charge in [0.05, 0.1) is 0 Å². The Hall–Kier alpha value is -0.910. The van der Waals surface area contributed by atoms with Gasteiger partial charge in [-0.3, -0.25) is 0 Å². The van der Waals surface area contributed by atoms with Gasteiger partial charge >= 0.3 is 0 Å². The number of rotatable bonds is 4. The van der Waals surface area contributed by atoms with Crippen LogP contribution in [0, 0.1) is 12.8 Å². The van der Waals surface area contributed by atoms with Crippen LogP contribution >= 0.6 is 0 Å². The van der Waals surface area contributed by atoms with Crippen LogP contribution in [-0.2, 0) is 16.6 Å². The Labute approximate surface area is 115 Å². The number of nitrogens with zero attached hydrogens (tertiary/aromatic N) is 1. The van der Waals surface area contributed by atoms with Gasteiger partial charge in [0.2, 0.25) is 0 Å². The number of hydrogen-bond donors (Lipinski definition) is 1. The lowest BCUT2D eigenvalue weighted by molar-refractivity contribution is 0.264. The van der Waals surface area contributed by atoms with Crippen molar-refractivity contribution in [1.82, 2.24) is 4.31 Å². The zero-order valence-electron chi connectivity index (χ0n) is 11.4. The molecule has 5 heteroatoms. The molecule has 19 heavy (non-hydrogen) atoms. The fraction of sp³-hybridized carbons (Fsp3) is 0.571. The van der Waals surface area contributed by atoms with Crippen LogP contribution in [0.2, 0.25) is 0 Å². The molecule has 2 rings (SSSR count). The molecule has 106 valence electrons. The zero-order valence-corrected chi connectivity index (χ0v) is 12.2. The lowest BCUT2D eigenvalue weighted by Crippen LogP contribution is -2.42. The van der Waals surface area contributed by atoms with Crippen molar-refractivity contribution in [3.63, 3.8) is 0 Å². The van der Waals surface area contributed by atoms with Crippen molar-refractivity contribution in [3.05, 3.63) is 35.4 Å². The van der Waals surface area contributed by atoms with Crippen molar-refractivity contribution in [2.24, 2.45) is 11.1 Å². The Morgan fingerprint density at radius 3 is 2.32 bits per heavy atom. The maximum Gasteiger partial charge on any atom is 0.276 e. The first-order chi connectivity index (χ1) is 8.95. The average molecular weight is 282 g/mol. The van der Waals surface area contributed by atoms with Gasteiger partial charge in [-0.15, -0.1) is 0 Å². The second kappa shape index (κ2) is 6.03. The van der Waals surface area contributed by atoms with E-state index < -0.39 is 10.2 Å². The molecule has 1 fully saturated rings. The minimum Gasteiger partial charge on any atom is -0.216 e. The fourth-order valence-corrected chi connectivity index (χ4v) is 3.30. The van der Waals surface area contributed by atoms with Crippen molar-refractivity contribution in [1.29, 1.82) is 0 Å². The summed E-state index contributed by atoms with van der Waals surface area (Å²) in [4.78, 5) is 0. The van der Waals surface area contributed by atoms with Crippen molar-refractivity contribution >= 4 is 10.2 Å². The van der Waals surface area contributed by atoms with Crippen LogP contribution in [0.4, 0.5) is 0 Å². The first-order valence-electron chi connectivity index (χ1n) is 6.78. The Bertz CT molecular complexity index is 503. The molecule has 1 saturated heterocycles. The molecule has 0 aromatic heterocycles. The Balaban J connectivity index is 1.78. The van der Waals surface area contributed by atoms with Gasteiger partial charge in [0.15, 0.2) is 0 Å². The van der Waals surface area contributed by atoms with E-state index in [0.717, 1.165) is 25.7 Å². The summed E-state index contributed by atoms with van der Waals surface area (Å²) >= 11 is 0. The van der Waals surface area contributed by atoms with E-state index >= 15 is 0 Å². The zero-order chi connectivity index (χ0) is 13.9. The van der Waals surface area contributed by atoms with E-state index in [2.05, 4.69) is 31.2 Å². The first-order valence-corrected chi connectivity index (χ1v) is 8.29. The Morgan fingerprint density at radius 1 is 1.21 bits per heavy atom. The van der Waals surface area contributed by atoms with Crippen LogP contribution in [0.5, 0.6) is 0 Å². The summed E-state index contributed by atoms with van der Waals surface area (Å²) in [6.07, 6.45) is 4.03. The standard InChI is InChI=1S/C14H22N2O2S/c1-12-2-4-13(5-3-12)6-7-14-8-10-16(11-9-14)19(15,17)18/h2-5,14H,6-11H2,1H3,(H2,15,17,18). The van der Waals surface area contributed by atoms with Gasteiger partial charge in [0, 0.05) is 13.1 Å². The smallest absolute Gasteiger partial charge is 0.216 e. The quantitative estimate of drug-likeness (QED) is 0.916. The van der Waals surface area contributed by atoms with Crippen LogP contribution in [0.15, 0.2) is 24.3 Å². The summed E-state index contributed by atoms with van der Waals surface area (Å²) < 4.78 is 23.8. The second-order valence-electron chi connectivity index (χ2n) is 5.41. The summed E-state index contributed by atoms with van der Waals surface area (Å²) in [5.74, 6) is 0.610. The molecule has 1 aliphatic heterocycles. The number of nitrogens with two attached hydrogens (primary N) is 1. The highest BCUT2D eigenvalue weighted by atomic mass is 32.2. The highest BCUT2D eigenvalue weighted by Crippen LogP contribution is 2.23. The van der Waals surface area contributed by atoms with Crippen molar-refractivity contribution in [3.8, 4) is 0 Å². The summed E-state index contributed by atoms with van der Waals surface area (Å²) in [6.45, 7) is 3.22. The van der Waals surface area contributed by atoms with Crippen LogP contribution in [0.3, 0.4) is 0 Å². The summed E-state index contributed by atoms with van der Waals surface area (Å²) in [5, 5.41) is 5.13. The van der Waals surface area contributed by atoms with Gasteiger partial charge in [-0.1, -0.05) is 29.8 Å². The number of hydrogen-bond acceptors (Lipinski definition) is 2. The molecule has 2 N–H and O–H groups in total. The molecule has 0 amide bonds. The van der Waals surface area contributed by atoms with E-state index in [0.29, 0.717) is 19.0 Å². The van der Waals surface area contributed by atoms with E-state index in [1.165, 1.54) is 15.4 Å². The minimum absolute atomic E-state index is 0.567. The minimum atomic E-state index is -3.49. The summed E-state index contributed by atoms with van der Waals surface area (Å²) in [5.41, 5.74) is 2.64. The van der Waals surface area contributed by atoms with Gasteiger partial charge in [0.25, 0.3) is 10.2 Å². The SMILES string of the molecule is Cc1ccc(CCC2CCN(S(N)(=O)=O)CC2)cc1. The van der Waals surface area contributed by atoms with Crippen molar-refractivity contribution < 1.29 is 8.42 Å². The molecule has 0 atom stereocenters. The van der Waals surface area contributed by atoms with Gasteiger partial charge in [-0.2, -0.15) is 12.7 Å². The number of aryl methyl sites for hydroxylation is 2. The number of piperidine rings is 1. The molecular formula is C14H22N2O2S. The monoisotopic (exact) mass is 282 g/mol. The molecular weight excluding hydrogens is 260 g/mol. The Morgan fingerprint density at radius 2 is 1.79 bits per heavy atom. The Kier molecular flexibility index (Phi) is 4.60. The third kappa shape index (κ3) is 4.30. The fourth-order valence-electron chi connectivity index (χ4n) is 2.58. The normalized spacial score (nSPS) is 18.6. The largest absolute Gasteiger partial charge is 0.276 e. The van der Waals surface area contributed by atoms with Gasteiger partial charge < -0.3 is 0 Å². The van der Waals surface area contributed by atoms with E-state index in [-0.39, 0.29) is 0 Å². The van der Waals surface area contributed by atoms with Gasteiger partial charge in [0.1, 0.15) is 0 Å². The molecule has 0 spiro atoms. The van der Waals surface area contributed by atoms with Crippen LogP contribution in [0.25, 0.3) is 0 Å². The highest BCUT2D eigenvalue weighted by molar-refractivity contribution is 7.86. The van der Waals surface area contributed by atoms with Crippen molar-refractivity contribution in [2.75, 3.05) is 13.1 Å². The highest BCUT2D eigenvalue weighted by Gasteiger charge is 2.24. The summed E-state index contributed by atoms with van der Waals surface area (Å²) in [7, 11) is -3.49. The molecule has 0 saturated carbocycles. The molecule has 1 aromatic carbocycles. The van der Waals surface area contributed by atoms with Gasteiger partial charge in [-0.05, 0) is 44.1 Å². The van der Waals surface area contributed by atoms with Crippen molar-refractivity contribution in [2.45, 2.75) is 32.6 Å². The molecule has 0 aliphatic carbocycles. The second-order valence-corrected chi connectivity index (χ2v) is 6.96. The van der Waals surface area contributed by atoms with Crippen LogP contribution in [0.1, 0.15) is 30.4 Å². The van der Waals surface area contributed by atoms with E-state index in [9.17, 15) is 8.42 Å². The molecule has 0 radical (unpaired) electrons. The maximum atomic E-state index is 11.2. The van der Waals surface area contributed by atoms with E-state index in [4.69, 9.17) is 5.14 Å². The molecule has 1 aromatic rings. The van der Waals surface area contributed by atoms with Gasteiger partial charge in [-0.25, -0.2) is 5.14 Å². The average Bonchev–Trinajstić information content (AvgIpc) is 2.37. The number of benzene rings is 1. The predicted octanol–water partition coefficient (Wildman–Crippen LogP) is 1.84. The van der Waals surface area contributed by atoms with E-state index in [1.54, 1.807) is 0 Å². The molecule has 0 unspecified atom stereocenters. The van der Waals surface area contributed by atoms with E-state index in [1.807, 2.05) is 0 Å².